The number of thioether (sulfide) groups is 1. The fourth-order valence-electron chi connectivity index (χ4n) is 3.11. The summed E-state index contributed by atoms with van der Waals surface area (Å²) < 4.78 is 13.4. The predicted octanol–water partition coefficient (Wildman–Crippen LogP) is 5.10. The molecule has 0 aliphatic rings. The SMILES string of the molecule is CCOc1cccc(OCC)c1NC(=O)CSc1ncc(-c2ccccc2)n1CC. The second-order valence-corrected chi connectivity index (χ2v) is 7.31. The number of rotatable bonds is 10. The summed E-state index contributed by atoms with van der Waals surface area (Å²) in [7, 11) is 0. The maximum Gasteiger partial charge on any atom is 0.235 e. The molecular formula is C23H27N3O3S. The van der Waals surface area contributed by atoms with E-state index in [-0.39, 0.29) is 11.7 Å². The van der Waals surface area contributed by atoms with Crippen LogP contribution in [0.15, 0.2) is 59.9 Å². The van der Waals surface area contributed by atoms with Crippen LogP contribution in [0.4, 0.5) is 5.69 Å². The molecule has 1 amide bonds. The molecule has 0 spiro atoms. The van der Waals surface area contributed by atoms with E-state index in [1.807, 2.05) is 56.4 Å². The Balaban J connectivity index is 1.72. The van der Waals surface area contributed by atoms with Gasteiger partial charge in [-0.2, -0.15) is 0 Å². The molecule has 0 saturated heterocycles. The van der Waals surface area contributed by atoms with Crippen molar-refractivity contribution in [2.75, 3.05) is 24.3 Å². The molecule has 3 aromatic rings. The third kappa shape index (κ3) is 5.16. The minimum absolute atomic E-state index is 0.139. The topological polar surface area (TPSA) is 65.4 Å². The Morgan fingerprint density at radius 1 is 1.00 bits per heavy atom. The van der Waals surface area contributed by atoms with Crippen LogP contribution in [0.1, 0.15) is 20.8 Å². The molecule has 0 radical (unpaired) electrons. The van der Waals surface area contributed by atoms with Crippen molar-refractivity contribution in [2.24, 2.45) is 0 Å². The molecule has 158 valence electrons. The number of hydrogen-bond acceptors (Lipinski definition) is 5. The number of carbonyl (C=O) groups is 1. The van der Waals surface area contributed by atoms with Gasteiger partial charge in [-0.25, -0.2) is 4.98 Å². The largest absolute Gasteiger partial charge is 0.492 e. The molecule has 2 aromatic carbocycles. The van der Waals surface area contributed by atoms with Crippen LogP contribution in [-0.4, -0.2) is 34.4 Å². The summed E-state index contributed by atoms with van der Waals surface area (Å²) in [6, 6.07) is 15.6. The number of imidazole rings is 1. The number of aromatic nitrogens is 2. The molecule has 30 heavy (non-hydrogen) atoms. The summed E-state index contributed by atoms with van der Waals surface area (Å²) in [6.07, 6.45) is 1.86. The van der Waals surface area contributed by atoms with E-state index in [0.29, 0.717) is 30.4 Å². The number of nitrogens with zero attached hydrogens (tertiary/aromatic N) is 2. The van der Waals surface area contributed by atoms with E-state index in [1.165, 1.54) is 11.8 Å². The van der Waals surface area contributed by atoms with Crippen LogP contribution in [0.25, 0.3) is 11.3 Å². The van der Waals surface area contributed by atoms with Gasteiger partial charge in [0.15, 0.2) is 5.16 Å². The van der Waals surface area contributed by atoms with Gasteiger partial charge in [0.05, 0.1) is 30.9 Å². The van der Waals surface area contributed by atoms with Crippen LogP contribution in [0.3, 0.4) is 0 Å². The molecule has 0 atom stereocenters. The fourth-order valence-corrected chi connectivity index (χ4v) is 3.95. The number of hydrogen-bond donors (Lipinski definition) is 1. The average Bonchev–Trinajstić information content (AvgIpc) is 3.18. The van der Waals surface area contributed by atoms with Gasteiger partial charge in [0.1, 0.15) is 17.2 Å². The van der Waals surface area contributed by atoms with E-state index in [2.05, 4.69) is 33.9 Å². The average molecular weight is 426 g/mol. The molecular weight excluding hydrogens is 398 g/mol. The predicted molar refractivity (Wildman–Crippen MR) is 121 cm³/mol. The lowest BCUT2D eigenvalue weighted by Crippen LogP contribution is -2.16. The molecule has 0 bridgehead atoms. The zero-order valence-electron chi connectivity index (χ0n) is 17.6. The first-order valence-electron chi connectivity index (χ1n) is 10.1. The van der Waals surface area contributed by atoms with Gasteiger partial charge in [-0.15, -0.1) is 0 Å². The molecule has 6 nitrogen and oxygen atoms in total. The van der Waals surface area contributed by atoms with Gasteiger partial charge in [-0.05, 0) is 38.5 Å². The van der Waals surface area contributed by atoms with E-state index < -0.39 is 0 Å². The Kier molecular flexibility index (Phi) is 7.79. The van der Waals surface area contributed by atoms with Crippen LogP contribution in [0.5, 0.6) is 11.5 Å². The molecule has 7 heteroatoms. The first-order chi connectivity index (χ1) is 14.7. The molecule has 1 aromatic heterocycles. The Labute approximate surface area is 181 Å². The first kappa shape index (κ1) is 21.8. The molecule has 0 aliphatic carbocycles. The van der Waals surface area contributed by atoms with Crippen LogP contribution in [0, 0.1) is 0 Å². The minimum Gasteiger partial charge on any atom is -0.492 e. The molecule has 3 rings (SSSR count). The minimum atomic E-state index is -0.139. The number of amides is 1. The Hall–Kier alpha value is -2.93. The van der Waals surface area contributed by atoms with Crippen molar-refractivity contribution in [3.05, 3.63) is 54.7 Å². The normalized spacial score (nSPS) is 10.6. The fraction of sp³-hybridized carbons (Fsp3) is 0.304. The van der Waals surface area contributed by atoms with E-state index >= 15 is 0 Å². The zero-order chi connectivity index (χ0) is 21.3. The van der Waals surface area contributed by atoms with Gasteiger partial charge in [0.25, 0.3) is 0 Å². The smallest absolute Gasteiger partial charge is 0.235 e. The number of carbonyl (C=O) groups excluding carboxylic acids is 1. The molecule has 1 N–H and O–H groups in total. The van der Waals surface area contributed by atoms with Crippen molar-refractivity contribution in [3.8, 4) is 22.8 Å². The van der Waals surface area contributed by atoms with E-state index in [4.69, 9.17) is 9.47 Å². The Morgan fingerprint density at radius 3 is 2.27 bits per heavy atom. The van der Waals surface area contributed by atoms with Crippen molar-refractivity contribution < 1.29 is 14.3 Å². The highest BCUT2D eigenvalue weighted by Crippen LogP contribution is 2.35. The van der Waals surface area contributed by atoms with Crippen LogP contribution in [0.2, 0.25) is 0 Å². The summed E-state index contributed by atoms with van der Waals surface area (Å²) in [6.45, 7) is 7.67. The van der Waals surface area contributed by atoms with Gasteiger partial charge in [-0.1, -0.05) is 48.2 Å². The van der Waals surface area contributed by atoms with E-state index in [1.54, 1.807) is 0 Å². The number of para-hydroxylation sites is 1. The molecule has 0 saturated carbocycles. The summed E-state index contributed by atoms with van der Waals surface area (Å²) in [4.78, 5) is 17.2. The highest BCUT2D eigenvalue weighted by Gasteiger charge is 2.16. The Morgan fingerprint density at radius 2 is 1.67 bits per heavy atom. The molecule has 0 unspecified atom stereocenters. The van der Waals surface area contributed by atoms with Crippen LogP contribution >= 0.6 is 11.8 Å². The summed E-state index contributed by atoms with van der Waals surface area (Å²) in [5.74, 6) is 1.29. The second kappa shape index (κ2) is 10.7. The molecule has 0 fully saturated rings. The maximum absolute atomic E-state index is 12.7. The van der Waals surface area contributed by atoms with Crippen molar-refractivity contribution >= 4 is 23.4 Å². The van der Waals surface area contributed by atoms with E-state index in [9.17, 15) is 4.79 Å². The third-order valence-electron chi connectivity index (χ3n) is 4.39. The first-order valence-corrected chi connectivity index (χ1v) is 11.1. The third-order valence-corrected chi connectivity index (χ3v) is 5.38. The van der Waals surface area contributed by atoms with Crippen LogP contribution in [-0.2, 0) is 11.3 Å². The summed E-state index contributed by atoms with van der Waals surface area (Å²) in [5.41, 5.74) is 2.71. The van der Waals surface area contributed by atoms with Crippen molar-refractivity contribution in [1.82, 2.24) is 9.55 Å². The van der Waals surface area contributed by atoms with Crippen molar-refractivity contribution in [3.63, 3.8) is 0 Å². The lowest BCUT2D eigenvalue weighted by molar-refractivity contribution is -0.113. The lowest BCUT2D eigenvalue weighted by Gasteiger charge is -2.16. The monoisotopic (exact) mass is 425 g/mol. The maximum atomic E-state index is 12.7. The van der Waals surface area contributed by atoms with Crippen LogP contribution < -0.4 is 14.8 Å². The lowest BCUT2D eigenvalue weighted by atomic mass is 10.2. The molecule has 0 aliphatic heterocycles. The zero-order valence-corrected chi connectivity index (χ0v) is 18.4. The highest BCUT2D eigenvalue weighted by molar-refractivity contribution is 7.99. The standard InChI is InChI=1S/C23H27N3O3S/c1-4-26-18(17-11-8-7-9-12-17)15-24-23(26)30-16-21(27)25-22-19(28-5-2)13-10-14-20(22)29-6-3/h7-15H,4-6,16H2,1-3H3,(H,25,27). The molecule has 1 heterocycles. The van der Waals surface area contributed by atoms with Gasteiger partial charge in [0, 0.05) is 6.54 Å². The Bertz CT molecular complexity index is 949. The summed E-state index contributed by atoms with van der Waals surface area (Å²) in [5, 5.41) is 3.76. The number of nitrogens with one attached hydrogen (secondary N) is 1. The number of anilines is 1. The summed E-state index contributed by atoms with van der Waals surface area (Å²) >= 11 is 1.41. The van der Waals surface area contributed by atoms with Crippen molar-refractivity contribution in [2.45, 2.75) is 32.5 Å². The second-order valence-electron chi connectivity index (χ2n) is 6.37. The van der Waals surface area contributed by atoms with Crippen molar-refractivity contribution in [1.29, 1.82) is 0 Å². The quantitative estimate of drug-likeness (QED) is 0.458. The highest BCUT2D eigenvalue weighted by atomic mass is 32.2. The van der Waals surface area contributed by atoms with E-state index in [0.717, 1.165) is 23.0 Å². The number of benzene rings is 2. The van der Waals surface area contributed by atoms with Gasteiger partial charge >= 0.3 is 0 Å². The van der Waals surface area contributed by atoms with Gasteiger partial charge in [-0.3, -0.25) is 4.79 Å². The van der Waals surface area contributed by atoms with Gasteiger partial charge < -0.3 is 19.4 Å². The number of ether oxygens (including phenoxy) is 2. The van der Waals surface area contributed by atoms with Gasteiger partial charge in [0.2, 0.25) is 5.91 Å².